The van der Waals surface area contributed by atoms with Crippen LogP contribution in [0.25, 0.3) is 0 Å². The van der Waals surface area contributed by atoms with E-state index in [2.05, 4.69) is 22.2 Å². The molecule has 1 amide bonds. The number of carbonyl (C=O) groups excluding carboxylic acids is 1. The highest BCUT2D eigenvalue weighted by Gasteiger charge is 2.24. The van der Waals surface area contributed by atoms with Crippen LogP contribution >= 0.6 is 11.8 Å². The van der Waals surface area contributed by atoms with Crippen molar-refractivity contribution in [1.29, 1.82) is 0 Å². The summed E-state index contributed by atoms with van der Waals surface area (Å²) in [5, 5.41) is 2.54. The second-order valence-corrected chi connectivity index (χ2v) is 10.4. The molecule has 1 aromatic heterocycles. The molecule has 0 spiro atoms. The summed E-state index contributed by atoms with van der Waals surface area (Å²) in [4.78, 5) is 31.4. The first-order chi connectivity index (χ1) is 15.2. The molecule has 0 fully saturated rings. The highest BCUT2D eigenvalue weighted by atomic mass is 32.2. The predicted octanol–water partition coefficient (Wildman–Crippen LogP) is 3.98. The molecule has 0 aliphatic carbocycles. The average Bonchev–Trinajstić information content (AvgIpc) is 2.78. The zero-order valence-corrected chi connectivity index (χ0v) is 19.7. The number of amides is 1. The summed E-state index contributed by atoms with van der Waals surface area (Å²) >= 11 is 1.08. The van der Waals surface area contributed by atoms with Crippen LogP contribution < -0.4 is 10.9 Å². The van der Waals surface area contributed by atoms with Crippen LogP contribution in [0.4, 0.5) is 5.69 Å². The van der Waals surface area contributed by atoms with Gasteiger partial charge in [0.25, 0.3) is 5.56 Å². The lowest BCUT2D eigenvalue weighted by atomic mass is 10.1. The number of carbonyl (C=O) groups is 1. The van der Waals surface area contributed by atoms with E-state index in [-0.39, 0.29) is 16.0 Å². The van der Waals surface area contributed by atoms with Gasteiger partial charge < -0.3 is 10.3 Å². The molecule has 2 N–H and O–H groups in total. The first-order valence-electron chi connectivity index (χ1n) is 10.2. The number of aromatic amines is 1. The van der Waals surface area contributed by atoms with Crippen molar-refractivity contribution in [1.82, 2.24) is 9.97 Å². The molecule has 9 heteroatoms. The smallest absolute Gasteiger partial charge is 0.270 e. The molecular formula is C23H25N3O4S2. The number of sulfone groups is 1. The molecule has 0 aliphatic rings. The van der Waals surface area contributed by atoms with Crippen LogP contribution in [0.1, 0.15) is 31.4 Å². The maximum absolute atomic E-state index is 12.8. The molecule has 3 aromatic rings. The lowest BCUT2D eigenvalue weighted by molar-refractivity contribution is -0.115. The summed E-state index contributed by atoms with van der Waals surface area (Å²) in [6.07, 6.45) is 2.46. The number of hydrogen-bond donors (Lipinski definition) is 2. The molecule has 2 aromatic carbocycles. The van der Waals surface area contributed by atoms with Crippen molar-refractivity contribution in [3.8, 4) is 0 Å². The number of H-pyrrole nitrogens is 1. The van der Waals surface area contributed by atoms with E-state index in [0.717, 1.165) is 29.9 Å². The molecule has 3 rings (SSSR count). The summed E-state index contributed by atoms with van der Waals surface area (Å²) in [7, 11) is -3.99. The fourth-order valence-electron chi connectivity index (χ4n) is 2.97. The Labute approximate surface area is 191 Å². The normalized spacial score (nSPS) is 12.3. The van der Waals surface area contributed by atoms with E-state index in [1.165, 1.54) is 17.7 Å². The number of aromatic nitrogens is 2. The van der Waals surface area contributed by atoms with Gasteiger partial charge in [-0.25, -0.2) is 13.4 Å². The summed E-state index contributed by atoms with van der Waals surface area (Å²) in [6.45, 7) is 5.76. The fourth-order valence-corrected chi connectivity index (χ4v) is 5.07. The summed E-state index contributed by atoms with van der Waals surface area (Å²) in [5.41, 5.74) is 2.00. The number of nitrogens with one attached hydrogen (secondary N) is 2. The number of benzene rings is 2. The van der Waals surface area contributed by atoms with E-state index < -0.39 is 25.5 Å². The maximum Gasteiger partial charge on any atom is 0.270 e. The van der Waals surface area contributed by atoms with E-state index in [0.29, 0.717) is 12.1 Å². The van der Waals surface area contributed by atoms with Gasteiger partial charge in [-0.2, -0.15) is 0 Å². The maximum atomic E-state index is 12.8. The molecule has 0 aliphatic heterocycles. The van der Waals surface area contributed by atoms with Crippen LogP contribution in [-0.4, -0.2) is 29.5 Å². The average molecular weight is 472 g/mol. The number of anilines is 1. The van der Waals surface area contributed by atoms with Crippen LogP contribution in [0.5, 0.6) is 0 Å². The van der Waals surface area contributed by atoms with Crippen LogP contribution in [0.2, 0.25) is 0 Å². The highest BCUT2D eigenvalue weighted by molar-refractivity contribution is 8.00. The number of nitrogens with zero attached hydrogens (tertiary/aromatic N) is 1. The standard InChI is InChI=1S/C23H25N3O4S2/c1-4-16-8-10-17(11-9-16)25-21(27)19(5-2)31-23-24-14-20(22(28)26-23)32(29,30)18-12-6-15(3)7-13-18/h6-14,19H,4-5H2,1-3H3,(H,25,27)(H,24,26,28)/t19-/m1/s1. The van der Waals surface area contributed by atoms with E-state index in [4.69, 9.17) is 0 Å². The number of aryl methyl sites for hydroxylation is 2. The SMILES string of the molecule is CCc1ccc(NC(=O)[C@@H](CC)Sc2ncc(S(=O)(=O)c3ccc(C)cc3)c(=O)[nH]2)cc1. The Hall–Kier alpha value is -2.91. The number of hydrogen-bond acceptors (Lipinski definition) is 6. The van der Waals surface area contributed by atoms with Crippen molar-refractivity contribution >= 4 is 33.2 Å². The van der Waals surface area contributed by atoms with Crippen molar-refractivity contribution in [2.45, 2.75) is 53.8 Å². The molecule has 7 nitrogen and oxygen atoms in total. The van der Waals surface area contributed by atoms with Gasteiger partial charge in [-0.3, -0.25) is 9.59 Å². The van der Waals surface area contributed by atoms with Gasteiger partial charge in [-0.1, -0.05) is 55.4 Å². The molecular weight excluding hydrogens is 446 g/mol. The molecule has 32 heavy (non-hydrogen) atoms. The van der Waals surface area contributed by atoms with Crippen molar-refractivity contribution in [2.24, 2.45) is 0 Å². The van der Waals surface area contributed by atoms with Crippen molar-refractivity contribution < 1.29 is 13.2 Å². The van der Waals surface area contributed by atoms with Crippen LogP contribution in [0, 0.1) is 6.92 Å². The largest absolute Gasteiger partial charge is 0.325 e. The Morgan fingerprint density at radius 1 is 1.09 bits per heavy atom. The molecule has 1 atom stereocenters. The lowest BCUT2D eigenvalue weighted by Crippen LogP contribution is -2.26. The Balaban J connectivity index is 1.76. The van der Waals surface area contributed by atoms with Crippen LogP contribution in [-0.2, 0) is 21.1 Å². The first-order valence-corrected chi connectivity index (χ1v) is 12.6. The Kier molecular flexibility index (Phi) is 7.52. The molecule has 0 saturated heterocycles. The third-order valence-electron chi connectivity index (χ3n) is 4.91. The quantitative estimate of drug-likeness (QED) is 0.380. The second kappa shape index (κ2) is 10.1. The van der Waals surface area contributed by atoms with E-state index in [9.17, 15) is 18.0 Å². The monoisotopic (exact) mass is 471 g/mol. The Bertz CT molecular complexity index is 1250. The van der Waals surface area contributed by atoms with E-state index >= 15 is 0 Å². The van der Waals surface area contributed by atoms with Gasteiger partial charge in [0, 0.05) is 5.69 Å². The van der Waals surface area contributed by atoms with Gasteiger partial charge in [0.15, 0.2) is 10.1 Å². The summed E-state index contributed by atoms with van der Waals surface area (Å²) in [5.74, 6) is -0.222. The van der Waals surface area contributed by atoms with Crippen LogP contribution in [0.15, 0.2) is 74.5 Å². The number of rotatable bonds is 8. The Morgan fingerprint density at radius 3 is 2.31 bits per heavy atom. The van der Waals surface area contributed by atoms with Crippen LogP contribution in [0.3, 0.4) is 0 Å². The van der Waals surface area contributed by atoms with Gasteiger partial charge in [0.05, 0.1) is 16.3 Å². The zero-order chi connectivity index (χ0) is 23.3. The number of thioether (sulfide) groups is 1. The third kappa shape index (κ3) is 5.46. The summed E-state index contributed by atoms with van der Waals surface area (Å²) < 4.78 is 25.6. The van der Waals surface area contributed by atoms with Gasteiger partial charge >= 0.3 is 0 Å². The van der Waals surface area contributed by atoms with Gasteiger partial charge in [-0.15, -0.1) is 0 Å². The molecule has 0 radical (unpaired) electrons. The predicted molar refractivity (Wildman–Crippen MR) is 126 cm³/mol. The lowest BCUT2D eigenvalue weighted by Gasteiger charge is -2.14. The van der Waals surface area contributed by atoms with Gasteiger partial charge in [0.1, 0.15) is 0 Å². The van der Waals surface area contributed by atoms with E-state index in [1.807, 2.05) is 38.1 Å². The molecule has 1 heterocycles. The fraction of sp³-hybridized carbons (Fsp3) is 0.261. The highest BCUT2D eigenvalue weighted by Crippen LogP contribution is 2.24. The zero-order valence-electron chi connectivity index (χ0n) is 18.1. The van der Waals surface area contributed by atoms with Crippen molar-refractivity contribution in [3.05, 3.63) is 76.2 Å². The minimum Gasteiger partial charge on any atom is -0.325 e. The topological polar surface area (TPSA) is 109 Å². The minimum atomic E-state index is -3.99. The van der Waals surface area contributed by atoms with Gasteiger partial charge in [-0.05, 0) is 49.6 Å². The van der Waals surface area contributed by atoms with Gasteiger partial charge in [0.2, 0.25) is 15.7 Å². The molecule has 0 bridgehead atoms. The Morgan fingerprint density at radius 2 is 1.75 bits per heavy atom. The second-order valence-electron chi connectivity index (χ2n) is 7.25. The summed E-state index contributed by atoms with van der Waals surface area (Å²) in [6, 6.07) is 13.8. The molecule has 0 saturated carbocycles. The van der Waals surface area contributed by atoms with E-state index in [1.54, 1.807) is 12.1 Å². The minimum absolute atomic E-state index is 0.0238. The third-order valence-corrected chi connectivity index (χ3v) is 7.94. The first kappa shape index (κ1) is 23.7. The van der Waals surface area contributed by atoms with Crippen molar-refractivity contribution in [3.63, 3.8) is 0 Å². The molecule has 0 unspecified atom stereocenters. The van der Waals surface area contributed by atoms with Crippen molar-refractivity contribution in [2.75, 3.05) is 5.32 Å². The molecule has 168 valence electrons.